The van der Waals surface area contributed by atoms with Gasteiger partial charge in [-0.25, -0.2) is 4.98 Å². The summed E-state index contributed by atoms with van der Waals surface area (Å²) in [6.07, 6.45) is -0.279. The van der Waals surface area contributed by atoms with Gasteiger partial charge < -0.3 is 18.9 Å². The number of thioether (sulfide) groups is 1. The fourth-order valence-electron chi connectivity index (χ4n) is 3.12. The SMILES string of the molecule is CC(=O)O[C@@H]1[C@@H](OC(C)=O)[C@@H](Oc2cc(-c3ccccn3)cnc2F)SC[C@H]1OC(C)=O. The maximum atomic E-state index is 14.5. The van der Waals surface area contributed by atoms with E-state index in [1.165, 1.54) is 33.0 Å². The molecule has 0 spiro atoms. The number of carbonyl (C=O) groups excluding carboxylic acids is 3. The molecule has 11 heteroatoms. The Balaban J connectivity index is 1.91. The van der Waals surface area contributed by atoms with E-state index < -0.39 is 47.6 Å². The second kappa shape index (κ2) is 10.4. The van der Waals surface area contributed by atoms with E-state index in [1.807, 2.05) is 0 Å². The molecule has 0 radical (unpaired) electrons. The summed E-state index contributed by atoms with van der Waals surface area (Å²) < 4.78 is 36.2. The topological polar surface area (TPSA) is 114 Å². The highest BCUT2D eigenvalue weighted by Crippen LogP contribution is 2.35. The zero-order valence-corrected chi connectivity index (χ0v) is 18.3. The monoisotopic (exact) mass is 464 g/mol. The second-order valence-electron chi connectivity index (χ2n) is 6.84. The molecule has 2 aromatic rings. The molecule has 2 aromatic heterocycles. The normalized spacial score (nSPS) is 22.5. The standard InChI is InChI=1S/C21H21FN2O7S/c1-11(25)28-17-10-32-21(19(30-13(3)27)18(17)29-12(2)26)31-16-8-14(9-24-20(16)22)15-6-4-5-7-23-15/h4-9,17-19,21H,10H2,1-3H3/t17-,18+,19-,21+/m1/s1. The first-order valence-electron chi connectivity index (χ1n) is 9.61. The molecule has 0 bridgehead atoms. The van der Waals surface area contributed by atoms with Gasteiger partial charge in [-0.15, -0.1) is 11.8 Å². The summed E-state index contributed by atoms with van der Waals surface area (Å²) in [6.45, 7) is 3.56. The fourth-order valence-corrected chi connectivity index (χ4v) is 4.33. The molecule has 0 amide bonds. The fraction of sp³-hybridized carbons (Fsp3) is 0.381. The second-order valence-corrected chi connectivity index (χ2v) is 7.97. The molecule has 1 aliphatic rings. The van der Waals surface area contributed by atoms with Gasteiger partial charge in [-0.3, -0.25) is 19.4 Å². The number of carbonyl (C=O) groups is 3. The third-order valence-corrected chi connectivity index (χ3v) is 5.53. The summed E-state index contributed by atoms with van der Waals surface area (Å²) in [5.41, 5.74) is 0.108. The van der Waals surface area contributed by atoms with Gasteiger partial charge in [0.25, 0.3) is 5.95 Å². The van der Waals surface area contributed by atoms with Crippen LogP contribution in [0.2, 0.25) is 0 Å². The summed E-state index contributed by atoms with van der Waals surface area (Å²) in [7, 11) is 0. The molecule has 3 heterocycles. The first-order valence-corrected chi connectivity index (χ1v) is 10.7. The van der Waals surface area contributed by atoms with E-state index >= 15 is 0 Å². The lowest BCUT2D eigenvalue weighted by atomic mass is 10.1. The van der Waals surface area contributed by atoms with Crippen LogP contribution in [-0.2, 0) is 28.6 Å². The minimum absolute atomic E-state index is 0.162. The molecule has 9 nitrogen and oxygen atoms in total. The molecular weight excluding hydrogens is 443 g/mol. The zero-order chi connectivity index (χ0) is 23.3. The van der Waals surface area contributed by atoms with Crippen LogP contribution in [0.25, 0.3) is 11.3 Å². The summed E-state index contributed by atoms with van der Waals surface area (Å²) in [6, 6.07) is 6.68. The molecule has 4 atom stereocenters. The van der Waals surface area contributed by atoms with Crippen molar-refractivity contribution in [2.45, 2.75) is 44.5 Å². The van der Waals surface area contributed by atoms with Gasteiger partial charge in [0.2, 0.25) is 0 Å². The van der Waals surface area contributed by atoms with Gasteiger partial charge in [0.15, 0.2) is 29.5 Å². The first-order chi connectivity index (χ1) is 15.2. The van der Waals surface area contributed by atoms with E-state index in [4.69, 9.17) is 18.9 Å². The molecule has 0 aromatic carbocycles. The number of aromatic nitrogens is 2. The van der Waals surface area contributed by atoms with Crippen LogP contribution >= 0.6 is 11.8 Å². The highest BCUT2D eigenvalue weighted by atomic mass is 32.2. The molecule has 170 valence electrons. The average molecular weight is 464 g/mol. The predicted molar refractivity (Wildman–Crippen MR) is 111 cm³/mol. The number of nitrogens with zero attached hydrogens (tertiary/aromatic N) is 2. The van der Waals surface area contributed by atoms with Crippen molar-refractivity contribution in [3.05, 3.63) is 42.6 Å². The lowest BCUT2D eigenvalue weighted by Gasteiger charge is -2.39. The van der Waals surface area contributed by atoms with Crippen molar-refractivity contribution < 1.29 is 37.7 Å². The average Bonchev–Trinajstić information content (AvgIpc) is 2.73. The Morgan fingerprint density at radius 2 is 1.69 bits per heavy atom. The van der Waals surface area contributed by atoms with Crippen LogP contribution in [0.4, 0.5) is 4.39 Å². The molecule has 3 rings (SSSR count). The molecule has 0 N–H and O–H groups in total. The van der Waals surface area contributed by atoms with Gasteiger partial charge in [-0.1, -0.05) is 6.07 Å². The number of rotatable bonds is 6. The van der Waals surface area contributed by atoms with Crippen LogP contribution in [0.5, 0.6) is 5.75 Å². The highest BCUT2D eigenvalue weighted by Gasteiger charge is 2.48. The van der Waals surface area contributed by atoms with Crippen LogP contribution in [0.1, 0.15) is 20.8 Å². The summed E-state index contributed by atoms with van der Waals surface area (Å²) >= 11 is 1.12. The Morgan fingerprint density at radius 1 is 1.00 bits per heavy atom. The van der Waals surface area contributed by atoms with E-state index in [1.54, 1.807) is 24.4 Å². The number of halogens is 1. The van der Waals surface area contributed by atoms with Crippen molar-refractivity contribution in [1.29, 1.82) is 0 Å². The van der Waals surface area contributed by atoms with E-state index in [0.717, 1.165) is 11.8 Å². The van der Waals surface area contributed by atoms with Crippen molar-refractivity contribution in [1.82, 2.24) is 9.97 Å². The lowest BCUT2D eigenvalue weighted by Crippen LogP contribution is -2.55. The number of pyridine rings is 2. The molecule has 0 aliphatic carbocycles. The molecule has 1 saturated heterocycles. The smallest absolute Gasteiger partial charge is 0.303 e. The quantitative estimate of drug-likeness (QED) is 0.359. The van der Waals surface area contributed by atoms with Crippen molar-refractivity contribution in [3.8, 4) is 17.0 Å². The Kier molecular flexibility index (Phi) is 7.62. The Labute approximate surface area is 187 Å². The van der Waals surface area contributed by atoms with Crippen LogP contribution in [0.3, 0.4) is 0 Å². The third-order valence-electron chi connectivity index (χ3n) is 4.32. The first kappa shape index (κ1) is 23.5. The third kappa shape index (κ3) is 5.94. The lowest BCUT2D eigenvalue weighted by molar-refractivity contribution is -0.186. The predicted octanol–water partition coefficient (Wildman–Crippen LogP) is 2.53. The van der Waals surface area contributed by atoms with E-state index in [-0.39, 0.29) is 11.5 Å². The number of ether oxygens (including phenoxy) is 4. The van der Waals surface area contributed by atoms with Crippen LogP contribution in [0, 0.1) is 5.95 Å². The highest BCUT2D eigenvalue weighted by molar-refractivity contribution is 7.99. The minimum atomic E-state index is -1.17. The van der Waals surface area contributed by atoms with Crippen molar-refractivity contribution in [2.24, 2.45) is 0 Å². The van der Waals surface area contributed by atoms with E-state index in [2.05, 4.69) is 9.97 Å². The minimum Gasteiger partial charge on any atom is -0.471 e. The van der Waals surface area contributed by atoms with Crippen LogP contribution in [-0.4, -0.2) is 57.4 Å². The summed E-state index contributed by atoms with van der Waals surface area (Å²) in [4.78, 5) is 42.8. The number of hydrogen-bond donors (Lipinski definition) is 0. The van der Waals surface area contributed by atoms with Crippen molar-refractivity contribution in [2.75, 3.05) is 5.75 Å². The van der Waals surface area contributed by atoms with Gasteiger partial charge in [0.1, 0.15) is 0 Å². The molecule has 1 fully saturated rings. The van der Waals surface area contributed by atoms with E-state index in [0.29, 0.717) is 11.3 Å². The number of hydrogen-bond acceptors (Lipinski definition) is 10. The van der Waals surface area contributed by atoms with Gasteiger partial charge >= 0.3 is 17.9 Å². The largest absolute Gasteiger partial charge is 0.471 e. The van der Waals surface area contributed by atoms with Gasteiger partial charge in [0.05, 0.1) is 5.69 Å². The Bertz CT molecular complexity index is 991. The summed E-state index contributed by atoms with van der Waals surface area (Å²) in [5.74, 6) is -2.85. The zero-order valence-electron chi connectivity index (χ0n) is 17.5. The Morgan fingerprint density at radius 3 is 2.31 bits per heavy atom. The van der Waals surface area contributed by atoms with E-state index in [9.17, 15) is 18.8 Å². The molecule has 32 heavy (non-hydrogen) atoms. The van der Waals surface area contributed by atoms with Crippen molar-refractivity contribution in [3.63, 3.8) is 0 Å². The number of esters is 3. The van der Waals surface area contributed by atoms with Crippen LogP contribution in [0.15, 0.2) is 36.7 Å². The maximum Gasteiger partial charge on any atom is 0.303 e. The van der Waals surface area contributed by atoms with Crippen molar-refractivity contribution >= 4 is 29.7 Å². The molecule has 0 saturated carbocycles. The molecule has 0 unspecified atom stereocenters. The maximum absolute atomic E-state index is 14.5. The Hall–Kier alpha value is -3.21. The van der Waals surface area contributed by atoms with Gasteiger partial charge in [0, 0.05) is 44.5 Å². The molecular formula is C21H21FN2O7S. The van der Waals surface area contributed by atoms with Crippen LogP contribution < -0.4 is 4.74 Å². The molecule has 1 aliphatic heterocycles. The summed E-state index contributed by atoms with van der Waals surface area (Å²) in [5, 5.41) is 0. The van der Waals surface area contributed by atoms with Gasteiger partial charge in [-0.05, 0) is 18.2 Å². The van der Waals surface area contributed by atoms with Gasteiger partial charge in [-0.2, -0.15) is 4.39 Å².